The van der Waals surface area contributed by atoms with Crippen molar-refractivity contribution in [3.8, 4) is 16.5 Å². The Bertz CT molecular complexity index is 1910. The van der Waals surface area contributed by atoms with Crippen molar-refractivity contribution in [3.05, 3.63) is 95.1 Å². The molecule has 1 N–H and O–H groups in total. The van der Waals surface area contributed by atoms with Crippen molar-refractivity contribution >= 4 is 51.7 Å². The van der Waals surface area contributed by atoms with Crippen molar-refractivity contribution in [1.82, 2.24) is 19.4 Å². The summed E-state index contributed by atoms with van der Waals surface area (Å²) < 4.78 is 1.95. The van der Waals surface area contributed by atoms with Crippen LogP contribution in [0.4, 0.5) is 11.6 Å². The van der Waals surface area contributed by atoms with Crippen molar-refractivity contribution < 1.29 is 14.4 Å². The Labute approximate surface area is 258 Å². The van der Waals surface area contributed by atoms with Gasteiger partial charge in [0, 0.05) is 67.2 Å². The Morgan fingerprint density at radius 3 is 2.75 bits per heavy atom. The molecule has 0 saturated carbocycles. The molecule has 1 fully saturated rings. The van der Waals surface area contributed by atoms with Crippen LogP contribution in [0.2, 0.25) is 0 Å². The number of nitrogens with zero attached hydrogens (tertiary/aromatic N) is 6. The number of thiophene rings is 1. The number of fused-ring (bicyclic) bond motifs is 1. The number of carbonyl (C=O) groups is 3. The highest BCUT2D eigenvalue weighted by Gasteiger charge is 2.22. The van der Waals surface area contributed by atoms with Gasteiger partial charge in [-0.15, -0.1) is 11.3 Å². The van der Waals surface area contributed by atoms with Gasteiger partial charge in [-0.25, -0.2) is 4.98 Å². The summed E-state index contributed by atoms with van der Waals surface area (Å²) >= 11 is 1.37. The summed E-state index contributed by atoms with van der Waals surface area (Å²) in [6.45, 7) is 1.93. The van der Waals surface area contributed by atoms with Crippen molar-refractivity contribution in [2.24, 2.45) is 0 Å². The molecule has 0 atom stereocenters. The molecule has 4 heterocycles. The Morgan fingerprint density at radius 1 is 1.09 bits per heavy atom. The Kier molecular flexibility index (Phi) is 8.16. The van der Waals surface area contributed by atoms with E-state index in [1.165, 1.54) is 16.2 Å². The third-order valence-corrected chi connectivity index (χ3v) is 8.78. The molecule has 10 nitrogen and oxygen atoms in total. The van der Waals surface area contributed by atoms with E-state index in [9.17, 15) is 19.6 Å². The smallest absolute Gasteiger partial charge is 0.268 e. The molecule has 1 aliphatic rings. The predicted molar refractivity (Wildman–Crippen MR) is 170 cm³/mol. The van der Waals surface area contributed by atoms with Crippen LogP contribution in [0, 0.1) is 11.3 Å². The maximum atomic E-state index is 13.4. The van der Waals surface area contributed by atoms with Crippen LogP contribution in [-0.2, 0) is 11.3 Å². The number of nitrogens with one attached hydrogen (secondary N) is 1. The normalized spacial score (nSPS) is 12.8. The number of hydrogen-bond acceptors (Lipinski definition) is 7. The SMILES string of the molecule is CN(C(=O)c1cccc(C#N)c1)c1ccc2c(c1)nc(NC(=O)c1ccc(-c3cccnc3)s1)n2CCCN1CCCC1=O. The number of amides is 3. The second-order valence-electron chi connectivity index (χ2n) is 10.5. The highest BCUT2D eigenvalue weighted by molar-refractivity contribution is 7.17. The van der Waals surface area contributed by atoms with Gasteiger partial charge in [0.2, 0.25) is 11.9 Å². The summed E-state index contributed by atoms with van der Waals surface area (Å²) in [5.74, 6) is 0.0313. The lowest BCUT2D eigenvalue weighted by Crippen LogP contribution is -2.26. The highest BCUT2D eigenvalue weighted by Crippen LogP contribution is 2.30. The van der Waals surface area contributed by atoms with Crippen molar-refractivity contribution in [2.75, 3.05) is 30.4 Å². The Hall–Kier alpha value is -5.34. The summed E-state index contributed by atoms with van der Waals surface area (Å²) in [6.07, 6.45) is 5.64. The number of nitriles is 1. The van der Waals surface area contributed by atoms with Gasteiger partial charge in [0.1, 0.15) is 0 Å². The van der Waals surface area contributed by atoms with E-state index >= 15 is 0 Å². The van der Waals surface area contributed by atoms with E-state index in [1.54, 1.807) is 49.8 Å². The van der Waals surface area contributed by atoms with E-state index in [-0.39, 0.29) is 17.7 Å². The fraction of sp³-hybridized carbons (Fsp3) is 0.212. The van der Waals surface area contributed by atoms with Crippen molar-refractivity contribution in [2.45, 2.75) is 25.8 Å². The van der Waals surface area contributed by atoms with E-state index in [4.69, 9.17) is 4.98 Å². The van der Waals surface area contributed by atoms with Gasteiger partial charge in [0.15, 0.2) is 0 Å². The third kappa shape index (κ3) is 5.93. The minimum atomic E-state index is -0.277. The lowest BCUT2D eigenvalue weighted by Gasteiger charge is -2.18. The molecular formula is C33H29N7O3S. The summed E-state index contributed by atoms with van der Waals surface area (Å²) in [7, 11) is 1.67. The molecule has 3 amide bonds. The van der Waals surface area contributed by atoms with Crippen LogP contribution in [0.5, 0.6) is 0 Å². The van der Waals surface area contributed by atoms with Gasteiger partial charge in [0.25, 0.3) is 11.8 Å². The van der Waals surface area contributed by atoms with Crippen LogP contribution in [0.1, 0.15) is 44.9 Å². The number of aromatic nitrogens is 3. The van der Waals surface area contributed by atoms with Crippen molar-refractivity contribution in [1.29, 1.82) is 5.26 Å². The first-order chi connectivity index (χ1) is 21.4. The van der Waals surface area contributed by atoms with Gasteiger partial charge in [-0.05, 0) is 67.4 Å². The molecule has 5 aromatic rings. The maximum absolute atomic E-state index is 13.4. The number of likely N-dealkylation sites (tertiary alicyclic amines) is 1. The number of pyridine rings is 1. The predicted octanol–water partition coefficient (Wildman–Crippen LogP) is 5.57. The topological polar surface area (TPSA) is 124 Å². The van der Waals surface area contributed by atoms with Crippen LogP contribution in [0.3, 0.4) is 0 Å². The molecule has 0 spiro atoms. The molecule has 1 saturated heterocycles. The van der Waals surface area contributed by atoms with Crippen LogP contribution < -0.4 is 10.2 Å². The first-order valence-corrected chi connectivity index (χ1v) is 15.1. The molecule has 6 rings (SSSR count). The molecule has 0 unspecified atom stereocenters. The number of rotatable bonds is 9. The Morgan fingerprint density at radius 2 is 1.98 bits per heavy atom. The molecule has 2 aromatic carbocycles. The zero-order valence-corrected chi connectivity index (χ0v) is 24.9. The minimum absolute atomic E-state index is 0.175. The van der Waals surface area contributed by atoms with Gasteiger partial charge in [-0.2, -0.15) is 5.26 Å². The van der Waals surface area contributed by atoms with Gasteiger partial charge in [0.05, 0.1) is 27.5 Å². The minimum Gasteiger partial charge on any atom is -0.343 e. The van der Waals surface area contributed by atoms with E-state index in [1.807, 2.05) is 45.9 Å². The zero-order chi connectivity index (χ0) is 30.6. The lowest BCUT2D eigenvalue weighted by atomic mass is 10.1. The highest BCUT2D eigenvalue weighted by atomic mass is 32.1. The van der Waals surface area contributed by atoms with E-state index < -0.39 is 0 Å². The number of aryl methyl sites for hydroxylation is 1. The van der Waals surface area contributed by atoms with E-state index in [0.29, 0.717) is 59.1 Å². The summed E-state index contributed by atoms with van der Waals surface area (Å²) in [4.78, 5) is 52.6. The summed E-state index contributed by atoms with van der Waals surface area (Å²) in [5, 5.41) is 12.2. The molecule has 220 valence electrons. The number of carbonyl (C=O) groups excluding carboxylic acids is 3. The Balaban J connectivity index is 1.28. The standard InChI is InChI=1S/C33H29N7O3S/c1-38(32(43)23-7-2-6-22(18-23)20-34)25-10-11-27-26(19-25)36-33(40(27)17-5-16-39-15-4-9-30(39)41)37-31(42)29-13-12-28(44-29)24-8-3-14-35-21-24/h2-3,6-8,10-14,18-19,21H,4-5,9,15-17H2,1H3,(H,36,37,42). The number of benzene rings is 2. The molecule has 0 aliphatic carbocycles. The summed E-state index contributed by atoms with van der Waals surface area (Å²) in [6, 6.07) is 21.7. The third-order valence-electron chi connectivity index (χ3n) is 7.64. The largest absolute Gasteiger partial charge is 0.343 e. The van der Waals surface area contributed by atoms with Crippen LogP contribution in [0.15, 0.2) is 79.1 Å². The van der Waals surface area contributed by atoms with E-state index in [2.05, 4.69) is 16.4 Å². The molecule has 11 heteroatoms. The first kappa shape index (κ1) is 28.8. The average Bonchev–Trinajstić information content (AvgIpc) is 3.80. The number of anilines is 2. The van der Waals surface area contributed by atoms with Crippen LogP contribution in [0.25, 0.3) is 21.5 Å². The molecular weight excluding hydrogens is 574 g/mol. The molecule has 1 aliphatic heterocycles. The zero-order valence-electron chi connectivity index (χ0n) is 24.1. The maximum Gasteiger partial charge on any atom is 0.268 e. The van der Waals surface area contributed by atoms with E-state index in [0.717, 1.165) is 28.9 Å². The number of imidazole rings is 1. The van der Waals surface area contributed by atoms with Crippen LogP contribution in [-0.4, -0.2) is 57.3 Å². The lowest BCUT2D eigenvalue weighted by molar-refractivity contribution is -0.127. The summed E-state index contributed by atoms with van der Waals surface area (Å²) in [5.41, 5.74) is 3.78. The van der Waals surface area contributed by atoms with Crippen LogP contribution >= 0.6 is 11.3 Å². The molecule has 3 aromatic heterocycles. The monoisotopic (exact) mass is 603 g/mol. The first-order valence-electron chi connectivity index (χ1n) is 14.3. The molecule has 0 bridgehead atoms. The van der Waals surface area contributed by atoms with Gasteiger partial charge in [-0.3, -0.25) is 24.7 Å². The number of hydrogen-bond donors (Lipinski definition) is 1. The second kappa shape index (κ2) is 12.5. The molecule has 0 radical (unpaired) electrons. The second-order valence-corrected chi connectivity index (χ2v) is 11.6. The fourth-order valence-corrected chi connectivity index (χ4v) is 6.22. The fourth-order valence-electron chi connectivity index (χ4n) is 5.33. The van der Waals surface area contributed by atoms with Crippen molar-refractivity contribution in [3.63, 3.8) is 0 Å². The molecule has 44 heavy (non-hydrogen) atoms. The average molecular weight is 604 g/mol. The van der Waals surface area contributed by atoms with Gasteiger partial charge < -0.3 is 14.4 Å². The quantitative estimate of drug-likeness (QED) is 0.235. The van der Waals surface area contributed by atoms with Gasteiger partial charge >= 0.3 is 0 Å². The van der Waals surface area contributed by atoms with Gasteiger partial charge in [-0.1, -0.05) is 12.1 Å².